The van der Waals surface area contributed by atoms with Gasteiger partial charge >= 0.3 is 0 Å². The SMILES string of the molecule is C/C(NC1CC1)=C1\C=C(N2CCCOc3cc(C(=O)NCc4ccc([SH](C)(C)=O)cc4)ccc32)C=CC1=N. The third-order valence-corrected chi connectivity index (χ3v) is 8.57. The molecule has 38 heavy (non-hydrogen) atoms. The highest BCUT2D eigenvalue weighted by atomic mass is 32.2. The van der Waals surface area contributed by atoms with Crippen LogP contribution in [0.1, 0.15) is 42.1 Å². The molecule has 2 aromatic carbocycles. The van der Waals surface area contributed by atoms with Gasteiger partial charge in [0.15, 0.2) is 0 Å². The number of amides is 1. The number of nitrogens with zero attached hydrogens (tertiary/aromatic N) is 1. The Morgan fingerprint density at radius 1 is 1.13 bits per heavy atom. The van der Waals surface area contributed by atoms with Crippen molar-refractivity contribution in [3.63, 3.8) is 0 Å². The summed E-state index contributed by atoms with van der Waals surface area (Å²) < 4.78 is 18.3. The number of benzene rings is 2. The van der Waals surface area contributed by atoms with Crippen molar-refractivity contribution >= 4 is 27.2 Å². The van der Waals surface area contributed by atoms with Crippen LogP contribution >= 0.6 is 0 Å². The predicted molar refractivity (Wildman–Crippen MR) is 155 cm³/mol. The Hall–Kier alpha value is -3.65. The van der Waals surface area contributed by atoms with E-state index in [4.69, 9.17) is 10.1 Å². The van der Waals surface area contributed by atoms with E-state index in [9.17, 15) is 9.00 Å². The highest BCUT2D eigenvalue weighted by Crippen LogP contribution is 2.36. The molecule has 1 heterocycles. The maximum atomic E-state index is 13.0. The largest absolute Gasteiger partial charge is 0.491 e. The number of ether oxygens (including phenoxy) is 1. The summed E-state index contributed by atoms with van der Waals surface area (Å²) >= 11 is 0. The first-order valence-electron chi connectivity index (χ1n) is 13.1. The molecule has 5 rings (SSSR count). The quantitative estimate of drug-likeness (QED) is 0.398. The maximum absolute atomic E-state index is 13.0. The summed E-state index contributed by atoms with van der Waals surface area (Å²) in [7, 11) is -2.30. The van der Waals surface area contributed by atoms with E-state index in [1.54, 1.807) is 12.5 Å². The third kappa shape index (κ3) is 5.91. The molecule has 1 amide bonds. The van der Waals surface area contributed by atoms with Crippen molar-refractivity contribution in [2.24, 2.45) is 0 Å². The molecule has 0 atom stereocenters. The fraction of sp³-hybridized carbons (Fsp3) is 0.333. The number of carbonyl (C=O) groups is 1. The van der Waals surface area contributed by atoms with Gasteiger partial charge in [-0.2, -0.15) is 0 Å². The molecule has 1 fully saturated rings. The van der Waals surface area contributed by atoms with E-state index in [1.165, 1.54) is 12.8 Å². The molecule has 0 spiro atoms. The third-order valence-electron chi connectivity index (χ3n) is 7.02. The highest BCUT2D eigenvalue weighted by molar-refractivity contribution is 8.01. The zero-order valence-electron chi connectivity index (χ0n) is 22.2. The van der Waals surface area contributed by atoms with E-state index in [0.29, 0.717) is 36.2 Å². The van der Waals surface area contributed by atoms with E-state index in [-0.39, 0.29) is 5.91 Å². The number of hydrogen-bond donors (Lipinski definition) is 4. The zero-order valence-corrected chi connectivity index (χ0v) is 23.1. The molecule has 3 aliphatic rings. The molecule has 200 valence electrons. The van der Waals surface area contributed by atoms with Gasteiger partial charge in [-0.3, -0.25) is 9.00 Å². The van der Waals surface area contributed by atoms with Crippen LogP contribution in [0.15, 0.2) is 82.6 Å². The fourth-order valence-corrected chi connectivity index (χ4v) is 5.53. The molecule has 0 aromatic heterocycles. The van der Waals surface area contributed by atoms with Gasteiger partial charge < -0.3 is 25.7 Å². The lowest BCUT2D eigenvalue weighted by Gasteiger charge is -2.27. The number of thiol groups is 1. The van der Waals surface area contributed by atoms with Crippen molar-refractivity contribution in [3.8, 4) is 5.75 Å². The molecule has 1 aliphatic heterocycles. The first-order valence-corrected chi connectivity index (χ1v) is 15.7. The van der Waals surface area contributed by atoms with E-state index >= 15 is 0 Å². The second-order valence-electron chi connectivity index (χ2n) is 10.5. The van der Waals surface area contributed by atoms with Gasteiger partial charge in [-0.25, -0.2) is 0 Å². The molecule has 8 heteroatoms. The van der Waals surface area contributed by atoms with E-state index in [0.717, 1.165) is 46.1 Å². The summed E-state index contributed by atoms with van der Waals surface area (Å²) in [5.41, 5.74) is 5.85. The minimum absolute atomic E-state index is 0.176. The van der Waals surface area contributed by atoms with Crippen LogP contribution in [0.5, 0.6) is 5.75 Å². The monoisotopic (exact) mass is 532 g/mol. The number of anilines is 1. The summed E-state index contributed by atoms with van der Waals surface area (Å²) in [6.07, 6.45) is 12.6. The normalized spacial score (nSPS) is 19.1. The van der Waals surface area contributed by atoms with E-state index in [1.807, 2.05) is 61.5 Å². The molecule has 3 N–H and O–H groups in total. The summed E-state index contributed by atoms with van der Waals surface area (Å²) in [6, 6.07) is 13.7. The average Bonchev–Trinajstić information content (AvgIpc) is 3.73. The lowest BCUT2D eigenvalue weighted by Crippen LogP contribution is -2.26. The number of rotatable bonds is 7. The average molecular weight is 533 g/mol. The predicted octanol–water partition coefficient (Wildman–Crippen LogP) is 4.34. The van der Waals surface area contributed by atoms with E-state index < -0.39 is 9.93 Å². The molecule has 0 saturated heterocycles. The summed E-state index contributed by atoms with van der Waals surface area (Å²) in [6.45, 7) is 3.77. The highest BCUT2D eigenvalue weighted by Gasteiger charge is 2.25. The fourth-order valence-electron chi connectivity index (χ4n) is 4.67. The Labute approximate surface area is 225 Å². The van der Waals surface area contributed by atoms with E-state index in [2.05, 4.69) is 21.6 Å². The van der Waals surface area contributed by atoms with Crippen molar-refractivity contribution in [1.82, 2.24) is 10.6 Å². The molecule has 1 saturated carbocycles. The molecule has 7 nitrogen and oxygen atoms in total. The summed E-state index contributed by atoms with van der Waals surface area (Å²) in [5.74, 6) is 0.500. The Morgan fingerprint density at radius 3 is 2.61 bits per heavy atom. The van der Waals surface area contributed by atoms with Crippen LogP contribution < -0.4 is 20.3 Å². The number of nitrogens with one attached hydrogen (secondary N) is 3. The molecule has 2 aromatic rings. The van der Waals surface area contributed by atoms with Crippen LogP contribution in [0.3, 0.4) is 0 Å². The van der Waals surface area contributed by atoms with Crippen LogP contribution in [-0.2, 0) is 16.5 Å². The Balaban J connectivity index is 1.33. The van der Waals surface area contributed by atoms with Gasteiger partial charge in [0, 0.05) is 46.6 Å². The second-order valence-corrected chi connectivity index (χ2v) is 13.7. The minimum atomic E-state index is -2.30. The van der Waals surface area contributed by atoms with Crippen LogP contribution in [0.2, 0.25) is 0 Å². The summed E-state index contributed by atoms with van der Waals surface area (Å²) in [4.78, 5) is 16.0. The van der Waals surface area contributed by atoms with Crippen LogP contribution in [0.25, 0.3) is 0 Å². The topological polar surface area (TPSA) is 94.5 Å². The number of allylic oxidation sites excluding steroid dienone is 5. The summed E-state index contributed by atoms with van der Waals surface area (Å²) in [5, 5.41) is 14.9. The van der Waals surface area contributed by atoms with Crippen molar-refractivity contribution in [3.05, 3.63) is 88.8 Å². The molecule has 0 unspecified atom stereocenters. The molecular formula is C30H36N4O3S. The van der Waals surface area contributed by atoms with Gasteiger partial charge in [-0.1, -0.05) is 22.1 Å². The number of hydrogen-bond acceptors (Lipinski definition) is 6. The van der Waals surface area contributed by atoms with Crippen molar-refractivity contribution in [2.75, 3.05) is 30.6 Å². The zero-order chi connectivity index (χ0) is 26.9. The first kappa shape index (κ1) is 26.0. The minimum Gasteiger partial charge on any atom is -0.491 e. The molecule has 0 bridgehead atoms. The van der Waals surface area contributed by atoms with Crippen molar-refractivity contribution in [1.29, 1.82) is 5.41 Å². The van der Waals surface area contributed by atoms with Gasteiger partial charge in [0.1, 0.15) is 5.75 Å². The Morgan fingerprint density at radius 2 is 1.89 bits per heavy atom. The van der Waals surface area contributed by atoms with Gasteiger partial charge in [0.05, 0.1) is 18.0 Å². The second kappa shape index (κ2) is 10.6. The van der Waals surface area contributed by atoms with Gasteiger partial charge in [-0.05, 0) is 92.8 Å². The van der Waals surface area contributed by atoms with Gasteiger partial charge in [0.25, 0.3) is 5.91 Å². The molecular weight excluding hydrogens is 496 g/mol. The van der Waals surface area contributed by atoms with Crippen LogP contribution in [-0.4, -0.2) is 47.5 Å². The van der Waals surface area contributed by atoms with Crippen LogP contribution in [0, 0.1) is 5.41 Å². The Kier molecular flexibility index (Phi) is 7.25. The van der Waals surface area contributed by atoms with Gasteiger partial charge in [0.2, 0.25) is 0 Å². The van der Waals surface area contributed by atoms with Crippen molar-refractivity contribution < 1.29 is 13.7 Å². The lowest BCUT2D eigenvalue weighted by atomic mass is 10.00. The number of fused-ring (bicyclic) bond motifs is 1. The first-order chi connectivity index (χ1) is 18.2. The maximum Gasteiger partial charge on any atom is 0.251 e. The van der Waals surface area contributed by atoms with Crippen LogP contribution in [0.4, 0.5) is 5.69 Å². The molecule has 0 radical (unpaired) electrons. The number of carbonyl (C=O) groups excluding carboxylic acids is 1. The smallest absolute Gasteiger partial charge is 0.251 e. The molecule has 2 aliphatic carbocycles. The van der Waals surface area contributed by atoms with Gasteiger partial charge in [-0.15, -0.1) is 0 Å². The standard InChI is InChI=1S/C30H36N4O3S/c1-20(33-23-8-9-23)26-18-24(10-13-27(26)31)34-15-4-16-37-29-17-22(7-14-28(29)34)30(35)32-19-21-5-11-25(12-6-21)38(2,3)36/h5-7,10-14,17-18,23,31,33,38H,4,8-9,15-16,19H2,1-3H3,(H,32,35)/b26-20-,31-27?. The van der Waals surface area contributed by atoms with Crippen molar-refractivity contribution in [2.45, 2.75) is 43.7 Å². The Bertz CT molecular complexity index is 1400. The lowest BCUT2D eigenvalue weighted by molar-refractivity contribution is 0.0950.